The first kappa shape index (κ1) is 11.8. The van der Waals surface area contributed by atoms with Crippen molar-refractivity contribution in [1.29, 1.82) is 0 Å². The number of rotatable bonds is 3. The van der Waals surface area contributed by atoms with E-state index in [-0.39, 0.29) is 0 Å². The maximum absolute atomic E-state index is 5.70. The topological polar surface area (TPSA) is 18.5 Å². The molecule has 86 valence electrons. The molecular formula is C13H15IO2. The van der Waals surface area contributed by atoms with Gasteiger partial charge in [0.15, 0.2) is 11.5 Å². The minimum atomic E-state index is -0.525. The van der Waals surface area contributed by atoms with E-state index in [1.54, 1.807) is 0 Å². The monoisotopic (exact) mass is 330 g/mol. The highest BCUT2D eigenvalue weighted by Gasteiger charge is 2.31. The SMILES string of the molecule is CC1(C)Oc2ccc(CC/C=C/I)cc2O1. The fourth-order valence-corrected chi connectivity index (χ4v) is 2.10. The standard InChI is InChI=1S/C13H15IO2/c1-13(2)15-11-7-6-10(5-3-4-8-14)9-12(11)16-13/h4,6-9H,3,5H2,1-2H3/b8-4+. The van der Waals surface area contributed by atoms with Crippen LogP contribution in [-0.2, 0) is 6.42 Å². The summed E-state index contributed by atoms with van der Waals surface area (Å²) >= 11 is 2.24. The molecule has 0 aromatic heterocycles. The highest BCUT2D eigenvalue weighted by molar-refractivity contribution is 14.1. The number of benzene rings is 1. The third-order valence-electron chi connectivity index (χ3n) is 2.41. The predicted octanol–water partition coefficient (Wildman–Crippen LogP) is 4.08. The van der Waals surface area contributed by atoms with Gasteiger partial charge < -0.3 is 9.47 Å². The Labute approximate surface area is 110 Å². The van der Waals surface area contributed by atoms with Gasteiger partial charge in [-0.15, -0.1) is 0 Å². The second kappa shape index (κ2) is 4.65. The van der Waals surface area contributed by atoms with Crippen molar-refractivity contribution in [2.45, 2.75) is 32.5 Å². The van der Waals surface area contributed by atoms with Gasteiger partial charge in [0, 0.05) is 13.8 Å². The first-order chi connectivity index (χ1) is 7.61. The lowest BCUT2D eigenvalue weighted by Gasteiger charge is -2.16. The van der Waals surface area contributed by atoms with Crippen LogP contribution < -0.4 is 9.47 Å². The van der Waals surface area contributed by atoms with Gasteiger partial charge in [-0.1, -0.05) is 34.7 Å². The number of fused-ring (bicyclic) bond motifs is 1. The van der Waals surface area contributed by atoms with E-state index in [2.05, 4.69) is 40.8 Å². The smallest absolute Gasteiger partial charge is 0.246 e. The number of allylic oxidation sites excluding steroid dienone is 1. The second-order valence-electron chi connectivity index (χ2n) is 4.29. The van der Waals surface area contributed by atoms with Crippen molar-refractivity contribution in [3.63, 3.8) is 0 Å². The minimum Gasteiger partial charge on any atom is -0.449 e. The fourth-order valence-electron chi connectivity index (χ4n) is 1.74. The van der Waals surface area contributed by atoms with Crippen molar-refractivity contribution in [3.8, 4) is 11.5 Å². The maximum atomic E-state index is 5.70. The zero-order valence-electron chi connectivity index (χ0n) is 9.50. The summed E-state index contributed by atoms with van der Waals surface area (Å²) in [5.41, 5.74) is 1.29. The molecule has 0 aliphatic carbocycles. The van der Waals surface area contributed by atoms with Crippen molar-refractivity contribution in [2.24, 2.45) is 0 Å². The molecule has 1 heterocycles. The van der Waals surface area contributed by atoms with Crippen molar-refractivity contribution < 1.29 is 9.47 Å². The van der Waals surface area contributed by atoms with Crippen LogP contribution >= 0.6 is 22.6 Å². The van der Waals surface area contributed by atoms with E-state index in [1.165, 1.54) is 5.56 Å². The first-order valence-corrected chi connectivity index (χ1v) is 6.61. The number of aryl methyl sites for hydroxylation is 1. The summed E-state index contributed by atoms with van der Waals surface area (Å²) in [5, 5.41) is 0. The molecule has 1 aromatic rings. The lowest BCUT2D eigenvalue weighted by Crippen LogP contribution is -2.29. The molecule has 1 aromatic carbocycles. The average Bonchev–Trinajstić information content (AvgIpc) is 2.51. The molecule has 2 nitrogen and oxygen atoms in total. The van der Waals surface area contributed by atoms with Crippen LogP contribution in [0.3, 0.4) is 0 Å². The Balaban J connectivity index is 2.10. The quantitative estimate of drug-likeness (QED) is 0.778. The van der Waals surface area contributed by atoms with Gasteiger partial charge in [0.2, 0.25) is 5.79 Å². The van der Waals surface area contributed by atoms with Crippen molar-refractivity contribution in [3.05, 3.63) is 33.9 Å². The summed E-state index contributed by atoms with van der Waals surface area (Å²) in [5.74, 6) is 1.18. The van der Waals surface area contributed by atoms with Crippen molar-refractivity contribution >= 4 is 22.6 Å². The van der Waals surface area contributed by atoms with Gasteiger partial charge in [-0.2, -0.15) is 0 Å². The number of halogens is 1. The normalized spacial score (nSPS) is 16.9. The maximum Gasteiger partial charge on any atom is 0.246 e. The largest absolute Gasteiger partial charge is 0.449 e. The summed E-state index contributed by atoms with van der Waals surface area (Å²) in [7, 11) is 0. The summed E-state index contributed by atoms with van der Waals surface area (Å²) in [6, 6.07) is 6.17. The molecule has 0 atom stereocenters. The predicted molar refractivity (Wildman–Crippen MR) is 73.3 cm³/mol. The molecule has 0 saturated heterocycles. The number of hydrogen-bond acceptors (Lipinski definition) is 2. The Morgan fingerprint density at radius 2 is 2.00 bits per heavy atom. The van der Waals surface area contributed by atoms with Crippen LogP contribution in [0.2, 0.25) is 0 Å². The highest BCUT2D eigenvalue weighted by Crippen LogP contribution is 2.39. The molecule has 0 N–H and O–H groups in total. The van der Waals surface area contributed by atoms with Crippen molar-refractivity contribution in [2.75, 3.05) is 0 Å². The van der Waals surface area contributed by atoms with E-state index >= 15 is 0 Å². The van der Waals surface area contributed by atoms with Crippen LogP contribution in [-0.4, -0.2) is 5.79 Å². The zero-order chi connectivity index (χ0) is 11.6. The van der Waals surface area contributed by atoms with Crippen LogP contribution in [0.1, 0.15) is 25.8 Å². The molecule has 16 heavy (non-hydrogen) atoms. The summed E-state index contributed by atoms with van der Waals surface area (Å²) < 4.78 is 13.4. The summed E-state index contributed by atoms with van der Waals surface area (Å²) in [6.45, 7) is 3.84. The molecule has 0 bridgehead atoms. The van der Waals surface area contributed by atoms with Crippen molar-refractivity contribution in [1.82, 2.24) is 0 Å². The van der Waals surface area contributed by atoms with Crippen LogP contribution in [0, 0.1) is 0 Å². The second-order valence-corrected chi connectivity index (χ2v) is 5.00. The number of hydrogen-bond donors (Lipinski definition) is 0. The van der Waals surface area contributed by atoms with Gasteiger partial charge >= 0.3 is 0 Å². The Bertz CT molecular complexity index is 410. The van der Waals surface area contributed by atoms with Gasteiger partial charge in [0.05, 0.1) is 0 Å². The van der Waals surface area contributed by atoms with Gasteiger partial charge in [-0.25, -0.2) is 0 Å². The van der Waals surface area contributed by atoms with E-state index in [0.717, 1.165) is 24.3 Å². The van der Waals surface area contributed by atoms with Gasteiger partial charge in [0.25, 0.3) is 0 Å². The fraction of sp³-hybridized carbons (Fsp3) is 0.385. The van der Waals surface area contributed by atoms with Crippen LogP contribution in [0.5, 0.6) is 11.5 Å². The van der Waals surface area contributed by atoms with Crippen LogP contribution in [0.25, 0.3) is 0 Å². The Hall–Kier alpha value is -0.710. The molecular weight excluding hydrogens is 315 g/mol. The minimum absolute atomic E-state index is 0.525. The van der Waals surface area contributed by atoms with E-state index < -0.39 is 5.79 Å². The molecule has 0 amide bonds. The van der Waals surface area contributed by atoms with E-state index in [0.29, 0.717) is 0 Å². The molecule has 0 unspecified atom stereocenters. The summed E-state index contributed by atoms with van der Waals surface area (Å²) in [4.78, 5) is 0. The molecule has 2 rings (SSSR count). The lowest BCUT2D eigenvalue weighted by atomic mass is 10.1. The van der Waals surface area contributed by atoms with E-state index in [9.17, 15) is 0 Å². The highest BCUT2D eigenvalue weighted by atomic mass is 127. The lowest BCUT2D eigenvalue weighted by molar-refractivity contribution is -0.0431. The number of ether oxygens (including phenoxy) is 2. The molecule has 1 aliphatic heterocycles. The van der Waals surface area contributed by atoms with E-state index in [4.69, 9.17) is 9.47 Å². The van der Waals surface area contributed by atoms with E-state index in [1.807, 2.05) is 24.0 Å². The zero-order valence-corrected chi connectivity index (χ0v) is 11.7. The Morgan fingerprint density at radius 1 is 1.25 bits per heavy atom. The first-order valence-electron chi connectivity index (χ1n) is 5.37. The molecule has 0 spiro atoms. The van der Waals surface area contributed by atoms with Gasteiger partial charge in [0.1, 0.15) is 0 Å². The molecule has 0 radical (unpaired) electrons. The Morgan fingerprint density at radius 3 is 2.75 bits per heavy atom. The van der Waals surface area contributed by atoms with Crippen LogP contribution in [0.4, 0.5) is 0 Å². The molecule has 3 heteroatoms. The summed E-state index contributed by atoms with van der Waals surface area (Å²) in [6.07, 6.45) is 4.26. The molecule has 0 fully saturated rings. The molecule has 0 saturated carbocycles. The van der Waals surface area contributed by atoms with Gasteiger partial charge in [-0.3, -0.25) is 0 Å². The third-order valence-corrected chi connectivity index (χ3v) is 2.92. The average molecular weight is 330 g/mol. The van der Waals surface area contributed by atoms with Gasteiger partial charge in [-0.05, 0) is 34.6 Å². The third kappa shape index (κ3) is 2.70. The van der Waals surface area contributed by atoms with Crippen LogP contribution in [0.15, 0.2) is 28.4 Å². The Kier molecular flexibility index (Phi) is 3.42. The molecule has 1 aliphatic rings.